The van der Waals surface area contributed by atoms with Crippen molar-refractivity contribution in [1.29, 1.82) is 0 Å². The molecule has 0 fully saturated rings. The largest absolute Gasteiger partial charge is 0.332 e. The number of benzene rings is 3. The van der Waals surface area contributed by atoms with Gasteiger partial charge in [0.05, 0.1) is 6.26 Å². The molecule has 156 valence electrons. The van der Waals surface area contributed by atoms with Crippen LogP contribution in [0.25, 0.3) is 0 Å². The molecule has 0 aliphatic heterocycles. The molecule has 0 spiro atoms. The molecular weight excluding hydrogens is 396 g/mol. The van der Waals surface area contributed by atoms with Crippen molar-refractivity contribution < 1.29 is 13.2 Å². The van der Waals surface area contributed by atoms with Gasteiger partial charge in [-0.25, -0.2) is 8.42 Å². The summed E-state index contributed by atoms with van der Waals surface area (Å²) in [5.41, 5.74) is 2.60. The number of likely N-dealkylation sites (N-methyl/N-ethyl adjacent to an activating group) is 1. The van der Waals surface area contributed by atoms with Crippen LogP contribution < -0.4 is 0 Å². The van der Waals surface area contributed by atoms with E-state index < -0.39 is 16.1 Å². The van der Waals surface area contributed by atoms with Gasteiger partial charge in [0.25, 0.3) is 0 Å². The first-order valence-electron chi connectivity index (χ1n) is 9.71. The van der Waals surface area contributed by atoms with Gasteiger partial charge in [-0.1, -0.05) is 91.0 Å². The topological polar surface area (TPSA) is 57.7 Å². The lowest BCUT2D eigenvalue weighted by molar-refractivity contribution is -0.136. The fourth-order valence-corrected chi connectivity index (χ4v) is 3.92. The average Bonchev–Trinajstić information content (AvgIpc) is 2.75. The number of carbonyl (C=O) groups is 1. The quantitative estimate of drug-likeness (QED) is 0.554. The maximum atomic E-state index is 13.8. The highest BCUT2D eigenvalue weighted by Crippen LogP contribution is 2.26. The minimum Gasteiger partial charge on any atom is -0.332 e. The van der Waals surface area contributed by atoms with E-state index in [1.54, 1.807) is 17.0 Å². The van der Waals surface area contributed by atoms with Crippen molar-refractivity contribution in [1.82, 2.24) is 9.21 Å². The zero-order valence-corrected chi connectivity index (χ0v) is 18.0. The third kappa shape index (κ3) is 5.55. The maximum absolute atomic E-state index is 13.8. The number of nitrogens with zero attached hydrogens (tertiary/aromatic N) is 2. The molecule has 3 aromatic carbocycles. The Labute approximate surface area is 178 Å². The Morgan fingerprint density at radius 2 is 1.17 bits per heavy atom. The summed E-state index contributed by atoms with van der Waals surface area (Å²) >= 11 is 0. The first-order chi connectivity index (χ1) is 14.4. The lowest BCUT2D eigenvalue weighted by Gasteiger charge is -2.32. The van der Waals surface area contributed by atoms with Gasteiger partial charge in [-0.2, -0.15) is 4.31 Å². The van der Waals surface area contributed by atoms with Gasteiger partial charge in [-0.3, -0.25) is 4.79 Å². The fourth-order valence-electron chi connectivity index (χ4n) is 3.33. The van der Waals surface area contributed by atoms with E-state index in [1.807, 2.05) is 78.9 Å². The third-order valence-corrected chi connectivity index (χ3v) is 6.24. The van der Waals surface area contributed by atoms with Crippen LogP contribution in [0.1, 0.15) is 22.7 Å². The summed E-state index contributed by atoms with van der Waals surface area (Å²) in [6.07, 6.45) is 1.12. The number of hydrogen-bond donors (Lipinski definition) is 0. The summed E-state index contributed by atoms with van der Waals surface area (Å²) < 4.78 is 25.8. The molecule has 0 aliphatic carbocycles. The SMILES string of the molecule is CN([C@@H](C(=O)N(Cc1ccccc1)Cc1ccccc1)c1ccccc1)S(C)(=O)=O. The summed E-state index contributed by atoms with van der Waals surface area (Å²) in [7, 11) is -2.14. The van der Waals surface area contributed by atoms with Crippen molar-refractivity contribution in [3.8, 4) is 0 Å². The van der Waals surface area contributed by atoms with Crippen molar-refractivity contribution in [2.24, 2.45) is 0 Å². The number of amides is 1. The van der Waals surface area contributed by atoms with Crippen LogP contribution in [0.15, 0.2) is 91.0 Å². The van der Waals surface area contributed by atoms with E-state index in [0.29, 0.717) is 18.7 Å². The molecule has 1 atom stereocenters. The smallest absolute Gasteiger partial charge is 0.246 e. The lowest BCUT2D eigenvalue weighted by atomic mass is 10.0. The molecule has 0 bridgehead atoms. The summed E-state index contributed by atoms with van der Waals surface area (Å²) in [6, 6.07) is 27.5. The Morgan fingerprint density at radius 3 is 1.57 bits per heavy atom. The summed E-state index contributed by atoms with van der Waals surface area (Å²) in [5, 5.41) is 0. The van der Waals surface area contributed by atoms with Gasteiger partial charge in [0.15, 0.2) is 0 Å². The van der Waals surface area contributed by atoms with Crippen molar-refractivity contribution in [2.45, 2.75) is 19.1 Å². The Bertz CT molecular complexity index is 1010. The highest BCUT2D eigenvalue weighted by Gasteiger charge is 2.34. The van der Waals surface area contributed by atoms with Crippen LogP contribution in [-0.2, 0) is 27.9 Å². The molecule has 3 aromatic rings. The zero-order valence-electron chi connectivity index (χ0n) is 17.2. The third-order valence-electron chi connectivity index (χ3n) is 4.98. The molecule has 0 aliphatic rings. The Balaban J connectivity index is 2.00. The van der Waals surface area contributed by atoms with E-state index in [9.17, 15) is 13.2 Å². The van der Waals surface area contributed by atoms with E-state index in [-0.39, 0.29) is 5.91 Å². The number of rotatable bonds is 8. The normalized spacial score (nSPS) is 12.5. The van der Waals surface area contributed by atoms with Crippen LogP contribution in [0.5, 0.6) is 0 Å². The highest BCUT2D eigenvalue weighted by atomic mass is 32.2. The Kier molecular flexibility index (Phi) is 7.03. The van der Waals surface area contributed by atoms with Gasteiger partial charge >= 0.3 is 0 Å². The minimum atomic E-state index is -3.59. The minimum absolute atomic E-state index is 0.262. The van der Waals surface area contributed by atoms with Crippen molar-refractivity contribution in [2.75, 3.05) is 13.3 Å². The Morgan fingerprint density at radius 1 is 0.767 bits per heavy atom. The second kappa shape index (κ2) is 9.69. The van der Waals surface area contributed by atoms with Crippen LogP contribution in [-0.4, -0.2) is 36.8 Å². The van der Waals surface area contributed by atoms with E-state index >= 15 is 0 Å². The van der Waals surface area contributed by atoms with Crippen molar-refractivity contribution >= 4 is 15.9 Å². The molecule has 0 aromatic heterocycles. The van der Waals surface area contributed by atoms with Gasteiger partial charge in [0.1, 0.15) is 6.04 Å². The van der Waals surface area contributed by atoms with Gasteiger partial charge in [0.2, 0.25) is 15.9 Å². The molecule has 1 amide bonds. The van der Waals surface area contributed by atoms with Crippen LogP contribution in [0.3, 0.4) is 0 Å². The standard InChI is InChI=1S/C24H26N2O3S/c1-25(30(2,28)29)23(22-16-10-5-11-17-22)24(27)26(18-20-12-6-3-7-13-20)19-21-14-8-4-9-15-21/h3-17,23H,18-19H2,1-2H3/t23-/m1/s1. The van der Waals surface area contributed by atoms with E-state index in [2.05, 4.69) is 0 Å². The van der Waals surface area contributed by atoms with Crippen molar-refractivity contribution in [3.05, 3.63) is 108 Å². The van der Waals surface area contributed by atoms with Gasteiger partial charge in [-0.05, 0) is 16.7 Å². The summed E-state index contributed by atoms with van der Waals surface area (Å²) in [5.74, 6) is -0.262. The van der Waals surface area contributed by atoms with Crippen LogP contribution in [0, 0.1) is 0 Å². The second-order valence-corrected chi connectivity index (χ2v) is 9.30. The lowest BCUT2D eigenvalue weighted by Crippen LogP contribution is -2.43. The molecule has 3 rings (SSSR count). The molecule has 0 unspecified atom stereocenters. The van der Waals surface area contributed by atoms with E-state index in [0.717, 1.165) is 21.7 Å². The first kappa shape index (κ1) is 21.7. The number of carbonyl (C=O) groups excluding carboxylic acids is 1. The maximum Gasteiger partial charge on any atom is 0.246 e. The molecular formula is C24H26N2O3S. The summed E-state index contributed by atoms with van der Waals surface area (Å²) in [6.45, 7) is 0.769. The Hall–Kier alpha value is -2.96. The molecule has 0 heterocycles. The van der Waals surface area contributed by atoms with Crippen LogP contribution in [0.4, 0.5) is 0 Å². The first-order valence-corrected chi connectivity index (χ1v) is 11.6. The van der Waals surface area contributed by atoms with E-state index in [4.69, 9.17) is 0 Å². The monoisotopic (exact) mass is 422 g/mol. The van der Waals surface area contributed by atoms with Crippen LogP contribution >= 0.6 is 0 Å². The molecule has 0 radical (unpaired) electrons. The van der Waals surface area contributed by atoms with Crippen LogP contribution in [0.2, 0.25) is 0 Å². The van der Waals surface area contributed by atoms with Gasteiger partial charge in [-0.15, -0.1) is 0 Å². The van der Waals surface area contributed by atoms with Crippen molar-refractivity contribution in [3.63, 3.8) is 0 Å². The molecule has 30 heavy (non-hydrogen) atoms. The van der Waals surface area contributed by atoms with Gasteiger partial charge in [0, 0.05) is 20.1 Å². The zero-order chi connectivity index (χ0) is 21.6. The number of sulfonamides is 1. The molecule has 0 N–H and O–H groups in total. The molecule has 5 nitrogen and oxygen atoms in total. The summed E-state index contributed by atoms with van der Waals surface area (Å²) in [4.78, 5) is 15.5. The molecule has 6 heteroatoms. The van der Waals surface area contributed by atoms with E-state index in [1.165, 1.54) is 7.05 Å². The predicted octanol–water partition coefficient (Wildman–Crippen LogP) is 3.85. The second-order valence-electron chi connectivity index (χ2n) is 7.26. The highest BCUT2D eigenvalue weighted by molar-refractivity contribution is 7.88. The van der Waals surface area contributed by atoms with Gasteiger partial charge < -0.3 is 4.90 Å². The molecule has 0 saturated heterocycles. The molecule has 0 saturated carbocycles. The number of hydrogen-bond acceptors (Lipinski definition) is 3. The fraction of sp³-hybridized carbons (Fsp3) is 0.208. The average molecular weight is 423 g/mol. The predicted molar refractivity (Wildman–Crippen MR) is 119 cm³/mol.